The monoisotopic (exact) mass is 641 g/mol. The molecular weight excluding hydrogens is 606 g/mol. The highest BCUT2D eigenvalue weighted by atomic mass is 35.5. The van der Waals surface area contributed by atoms with Gasteiger partial charge in [0, 0.05) is 45.5 Å². The Hall–Kier alpha value is -4.81. The fourth-order valence-corrected chi connectivity index (χ4v) is 7.90. The number of nitrogens with one attached hydrogen (secondary N) is 1. The van der Waals surface area contributed by atoms with Gasteiger partial charge in [0.15, 0.2) is 0 Å². The molecule has 236 valence electrons. The third kappa shape index (κ3) is 5.21. The lowest BCUT2D eigenvalue weighted by molar-refractivity contribution is 0.0697. The average Bonchev–Trinajstić information content (AvgIpc) is 3.41. The van der Waals surface area contributed by atoms with Gasteiger partial charge in [-0.15, -0.1) is 0 Å². The summed E-state index contributed by atoms with van der Waals surface area (Å²) >= 11 is 6.21. The predicted molar refractivity (Wildman–Crippen MR) is 191 cm³/mol. The largest absolute Gasteiger partial charge is 0.497 e. The SMILES string of the molecule is COc1ccc(-c2ccc(Cl)cc2)c(-c2ccc3c4c(ccc3n2)-c2c(C3CCCCC3)c3ccc(C(=O)O)cc3n2CCCN4)c1. The number of benzene rings is 4. The summed E-state index contributed by atoms with van der Waals surface area (Å²) in [7, 11) is 1.68. The lowest BCUT2D eigenvalue weighted by Crippen LogP contribution is -2.14. The summed E-state index contributed by atoms with van der Waals surface area (Å²) in [5.41, 5.74) is 11.1. The van der Waals surface area contributed by atoms with E-state index in [9.17, 15) is 9.90 Å². The van der Waals surface area contributed by atoms with Crippen molar-refractivity contribution in [2.75, 3.05) is 19.0 Å². The quantitative estimate of drug-likeness (QED) is 0.196. The first-order valence-corrected chi connectivity index (χ1v) is 16.9. The van der Waals surface area contributed by atoms with Gasteiger partial charge in [0.2, 0.25) is 0 Å². The number of anilines is 1. The zero-order valence-corrected chi connectivity index (χ0v) is 27.1. The summed E-state index contributed by atoms with van der Waals surface area (Å²) in [5.74, 6) is 0.326. The first-order chi connectivity index (χ1) is 23.0. The Labute approximate surface area is 279 Å². The van der Waals surface area contributed by atoms with E-state index < -0.39 is 5.97 Å². The lowest BCUT2D eigenvalue weighted by atomic mass is 9.81. The molecule has 6 nitrogen and oxygen atoms in total. The third-order valence-electron chi connectivity index (χ3n) is 10.0. The fourth-order valence-electron chi connectivity index (χ4n) is 7.77. The van der Waals surface area contributed by atoms with Gasteiger partial charge in [-0.1, -0.05) is 55.1 Å². The number of rotatable bonds is 5. The van der Waals surface area contributed by atoms with E-state index in [1.165, 1.54) is 35.9 Å². The zero-order chi connectivity index (χ0) is 32.1. The van der Waals surface area contributed by atoms with E-state index in [0.717, 1.165) is 88.2 Å². The maximum Gasteiger partial charge on any atom is 0.335 e. The number of halogens is 1. The minimum absolute atomic E-state index is 0.333. The standard InChI is InChI=1S/C40H36ClN3O3/c1-47-28-13-15-29(24-8-11-27(41)12-9-24)33(23-28)35-18-16-30-34(43-35)19-17-32-38(30)42-20-5-21-44-36-22-26(40(45)46)10-14-31(36)37(39(32)44)25-6-3-2-4-7-25/h8-19,22-23,25,42H,2-7,20-21H2,1H3,(H,45,46). The Morgan fingerprint density at radius 1 is 0.872 bits per heavy atom. The summed E-state index contributed by atoms with van der Waals surface area (Å²) in [6.45, 7) is 1.63. The van der Waals surface area contributed by atoms with E-state index in [0.29, 0.717) is 16.5 Å². The number of aromatic nitrogens is 2. The van der Waals surface area contributed by atoms with Crippen LogP contribution in [0.3, 0.4) is 0 Å². The van der Waals surface area contributed by atoms with Gasteiger partial charge in [-0.3, -0.25) is 0 Å². The van der Waals surface area contributed by atoms with Crippen LogP contribution in [0.5, 0.6) is 5.75 Å². The van der Waals surface area contributed by atoms with Crippen LogP contribution in [0.15, 0.2) is 84.9 Å². The Morgan fingerprint density at radius 3 is 2.45 bits per heavy atom. The van der Waals surface area contributed by atoms with Crippen molar-refractivity contribution >= 4 is 45.1 Å². The number of pyridine rings is 1. The van der Waals surface area contributed by atoms with Crippen molar-refractivity contribution in [1.29, 1.82) is 0 Å². The second-order valence-electron chi connectivity index (χ2n) is 12.7. The minimum atomic E-state index is -0.891. The maximum atomic E-state index is 12.0. The molecule has 0 unspecified atom stereocenters. The Kier molecular flexibility index (Phi) is 7.61. The van der Waals surface area contributed by atoms with Crippen molar-refractivity contribution in [3.63, 3.8) is 0 Å². The van der Waals surface area contributed by atoms with Crippen LogP contribution in [0.2, 0.25) is 5.02 Å². The zero-order valence-electron chi connectivity index (χ0n) is 26.4. The van der Waals surface area contributed by atoms with Gasteiger partial charge in [-0.05, 0) is 103 Å². The summed E-state index contributed by atoms with van der Waals surface area (Å²) in [6, 6.07) is 28.3. The molecule has 0 atom stereocenters. The highest BCUT2D eigenvalue weighted by Gasteiger charge is 2.29. The number of fused-ring (bicyclic) bond motifs is 7. The van der Waals surface area contributed by atoms with Crippen LogP contribution >= 0.6 is 11.6 Å². The van der Waals surface area contributed by atoms with Crippen LogP contribution in [-0.4, -0.2) is 34.3 Å². The molecule has 1 saturated carbocycles. The van der Waals surface area contributed by atoms with E-state index in [2.05, 4.69) is 46.3 Å². The summed E-state index contributed by atoms with van der Waals surface area (Å²) in [5, 5.41) is 16.6. The van der Waals surface area contributed by atoms with E-state index in [1.807, 2.05) is 42.5 Å². The molecular formula is C40H36ClN3O3. The molecule has 1 aliphatic heterocycles. The first kappa shape index (κ1) is 29.6. The molecule has 0 saturated heterocycles. The molecule has 6 aromatic rings. The number of nitrogens with zero attached hydrogens (tertiary/aromatic N) is 2. The molecule has 8 rings (SSSR count). The van der Waals surface area contributed by atoms with Crippen molar-refractivity contribution in [2.24, 2.45) is 0 Å². The summed E-state index contributed by atoms with van der Waals surface area (Å²) < 4.78 is 8.02. The second kappa shape index (κ2) is 12.1. The predicted octanol–water partition coefficient (Wildman–Crippen LogP) is 10.4. The van der Waals surface area contributed by atoms with Crippen molar-refractivity contribution in [1.82, 2.24) is 9.55 Å². The molecule has 0 bridgehead atoms. The van der Waals surface area contributed by atoms with Gasteiger partial charge in [0.05, 0.1) is 35.3 Å². The van der Waals surface area contributed by atoms with Gasteiger partial charge in [0.25, 0.3) is 0 Å². The highest BCUT2D eigenvalue weighted by Crippen LogP contribution is 2.48. The number of carboxylic acids is 1. The van der Waals surface area contributed by atoms with E-state index in [1.54, 1.807) is 13.2 Å². The van der Waals surface area contributed by atoms with Gasteiger partial charge in [-0.25, -0.2) is 9.78 Å². The minimum Gasteiger partial charge on any atom is -0.497 e. The normalized spacial score (nSPS) is 15.0. The molecule has 0 spiro atoms. The number of aromatic carboxylic acids is 1. The van der Waals surface area contributed by atoms with Crippen molar-refractivity contribution in [3.8, 4) is 39.4 Å². The van der Waals surface area contributed by atoms with E-state index >= 15 is 0 Å². The Morgan fingerprint density at radius 2 is 1.66 bits per heavy atom. The molecule has 2 aromatic heterocycles. The van der Waals surface area contributed by atoms with Crippen LogP contribution < -0.4 is 10.1 Å². The number of aryl methyl sites for hydroxylation is 1. The molecule has 4 aromatic carbocycles. The van der Waals surface area contributed by atoms with Gasteiger partial charge in [0.1, 0.15) is 5.75 Å². The van der Waals surface area contributed by atoms with Crippen molar-refractivity contribution in [2.45, 2.75) is 51.0 Å². The van der Waals surface area contributed by atoms with E-state index in [-0.39, 0.29) is 0 Å². The number of hydrogen-bond acceptors (Lipinski definition) is 4. The molecule has 7 heteroatoms. The molecule has 2 N–H and O–H groups in total. The maximum absolute atomic E-state index is 12.0. The molecule has 47 heavy (non-hydrogen) atoms. The van der Waals surface area contributed by atoms with Crippen LogP contribution in [0, 0.1) is 0 Å². The number of hydrogen-bond donors (Lipinski definition) is 2. The van der Waals surface area contributed by atoms with Crippen molar-refractivity contribution < 1.29 is 14.6 Å². The van der Waals surface area contributed by atoms with Gasteiger partial charge in [-0.2, -0.15) is 0 Å². The topological polar surface area (TPSA) is 76.4 Å². The lowest BCUT2D eigenvalue weighted by Gasteiger charge is -2.26. The number of carbonyl (C=O) groups is 1. The first-order valence-electron chi connectivity index (χ1n) is 16.5. The summed E-state index contributed by atoms with van der Waals surface area (Å²) in [4.78, 5) is 17.3. The van der Waals surface area contributed by atoms with Crippen LogP contribution in [0.1, 0.15) is 60.4 Å². The van der Waals surface area contributed by atoms with Crippen LogP contribution in [0.4, 0.5) is 5.69 Å². The molecule has 2 aliphatic rings. The fraction of sp³-hybridized carbons (Fsp3) is 0.250. The number of methoxy groups -OCH3 is 1. The average molecular weight is 642 g/mol. The Bertz CT molecular complexity index is 2160. The molecule has 1 aliphatic carbocycles. The third-order valence-corrected chi connectivity index (χ3v) is 10.3. The molecule has 0 amide bonds. The summed E-state index contributed by atoms with van der Waals surface area (Å²) in [6.07, 6.45) is 6.96. The van der Waals surface area contributed by atoms with Gasteiger partial charge < -0.3 is 19.7 Å². The molecule has 0 radical (unpaired) electrons. The smallest absolute Gasteiger partial charge is 0.335 e. The second-order valence-corrected chi connectivity index (χ2v) is 13.2. The van der Waals surface area contributed by atoms with E-state index in [4.69, 9.17) is 21.3 Å². The number of ether oxygens (including phenoxy) is 1. The molecule has 1 fully saturated rings. The van der Waals surface area contributed by atoms with Crippen molar-refractivity contribution in [3.05, 3.63) is 101 Å². The highest BCUT2D eigenvalue weighted by molar-refractivity contribution is 6.30. The number of carboxylic acid groups (broad SMARTS) is 1. The van der Waals surface area contributed by atoms with Gasteiger partial charge >= 0.3 is 5.97 Å². The van der Waals surface area contributed by atoms with Crippen LogP contribution in [0.25, 0.3) is 55.4 Å². The van der Waals surface area contributed by atoms with Crippen LogP contribution in [-0.2, 0) is 6.54 Å². The molecule has 3 heterocycles. The Balaban J connectivity index is 1.32.